The molecule has 0 radical (unpaired) electrons. The average molecular weight is 303 g/mol. The normalized spacial score (nSPS) is 13.5. The first-order valence-electron chi connectivity index (χ1n) is 5.14. The Balaban J connectivity index is 3.06. The Kier molecular flexibility index (Phi) is 5.13. The Morgan fingerprint density at radius 2 is 1.78 bits per heavy atom. The van der Waals surface area contributed by atoms with E-state index in [1.165, 1.54) is 0 Å². The van der Waals surface area contributed by atoms with Crippen LogP contribution in [0.2, 0.25) is 10.0 Å². The SMILES string of the molecule is CCCOc1c(Cl)cc(C(O)C(F)(F)F)cc1Cl. The van der Waals surface area contributed by atoms with Crippen molar-refractivity contribution in [2.45, 2.75) is 25.6 Å². The van der Waals surface area contributed by atoms with Gasteiger partial charge in [-0.05, 0) is 24.1 Å². The number of aliphatic hydroxyl groups excluding tert-OH is 1. The largest absolute Gasteiger partial charge is 0.490 e. The number of alkyl halides is 3. The summed E-state index contributed by atoms with van der Waals surface area (Å²) in [5.41, 5.74) is -0.415. The van der Waals surface area contributed by atoms with Crippen LogP contribution in [0.15, 0.2) is 12.1 Å². The van der Waals surface area contributed by atoms with Gasteiger partial charge in [0.15, 0.2) is 11.9 Å². The van der Waals surface area contributed by atoms with Gasteiger partial charge >= 0.3 is 6.18 Å². The molecule has 0 fully saturated rings. The minimum absolute atomic E-state index is 0.0609. The van der Waals surface area contributed by atoms with Gasteiger partial charge in [0.25, 0.3) is 0 Å². The average Bonchev–Trinajstić information content (AvgIpc) is 2.25. The van der Waals surface area contributed by atoms with Gasteiger partial charge in [-0.25, -0.2) is 0 Å². The van der Waals surface area contributed by atoms with Crippen LogP contribution in [0.3, 0.4) is 0 Å². The van der Waals surface area contributed by atoms with E-state index in [0.29, 0.717) is 13.0 Å². The first kappa shape index (κ1) is 15.4. The predicted molar refractivity (Wildman–Crippen MR) is 63.3 cm³/mol. The zero-order valence-electron chi connectivity index (χ0n) is 9.39. The molecular formula is C11H11Cl2F3O2. The Labute approximate surface area is 112 Å². The van der Waals surface area contributed by atoms with Crippen LogP contribution in [0, 0.1) is 0 Å². The molecule has 0 bridgehead atoms. The van der Waals surface area contributed by atoms with Crippen molar-refractivity contribution in [3.8, 4) is 5.75 Å². The van der Waals surface area contributed by atoms with E-state index < -0.39 is 17.8 Å². The van der Waals surface area contributed by atoms with Crippen molar-refractivity contribution in [3.05, 3.63) is 27.7 Å². The fourth-order valence-electron chi connectivity index (χ4n) is 1.27. The predicted octanol–water partition coefficient (Wildman–Crippen LogP) is 4.38. The minimum atomic E-state index is -4.77. The van der Waals surface area contributed by atoms with Gasteiger partial charge in [-0.3, -0.25) is 0 Å². The zero-order chi connectivity index (χ0) is 13.9. The minimum Gasteiger partial charge on any atom is -0.490 e. The van der Waals surface area contributed by atoms with Crippen molar-refractivity contribution in [2.24, 2.45) is 0 Å². The first-order valence-corrected chi connectivity index (χ1v) is 5.89. The molecule has 1 aromatic rings. The number of rotatable bonds is 4. The highest BCUT2D eigenvalue weighted by atomic mass is 35.5. The van der Waals surface area contributed by atoms with Crippen LogP contribution in [0.4, 0.5) is 13.2 Å². The monoisotopic (exact) mass is 302 g/mol. The van der Waals surface area contributed by atoms with Gasteiger partial charge in [-0.15, -0.1) is 0 Å². The number of aliphatic hydroxyl groups is 1. The highest BCUT2D eigenvalue weighted by Gasteiger charge is 2.39. The molecule has 0 amide bonds. The van der Waals surface area contributed by atoms with E-state index in [0.717, 1.165) is 12.1 Å². The fraction of sp³-hybridized carbons (Fsp3) is 0.455. The van der Waals surface area contributed by atoms with Gasteiger partial charge < -0.3 is 9.84 Å². The lowest BCUT2D eigenvalue weighted by Gasteiger charge is -2.17. The summed E-state index contributed by atoms with van der Waals surface area (Å²) in [7, 11) is 0. The van der Waals surface area contributed by atoms with E-state index in [4.69, 9.17) is 33.0 Å². The van der Waals surface area contributed by atoms with Crippen molar-refractivity contribution in [3.63, 3.8) is 0 Å². The third-order valence-electron chi connectivity index (χ3n) is 2.10. The molecular weight excluding hydrogens is 292 g/mol. The topological polar surface area (TPSA) is 29.5 Å². The molecule has 0 aliphatic carbocycles. The third-order valence-corrected chi connectivity index (χ3v) is 2.66. The van der Waals surface area contributed by atoms with Crippen LogP contribution in [-0.2, 0) is 0 Å². The van der Waals surface area contributed by atoms with Gasteiger partial charge in [0, 0.05) is 0 Å². The molecule has 1 N–H and O–H groups in total. The van der Waals surface area contributed by atoms with Crippen LogP contribution < -0.4 is 4.74 Å². The molecule has 0 saturated carbocycles. The molecule has 0 heterocycles. The molecule has 2 nitrogen and oxygen atoms in total. The van der Waals surface area contributed by atoms with E-state index in [2.05, 4.69) is 0 Å². The molecule has 1 unspecified atom stereocenters. The Morgan fingerprint density at radius 3 is 2.17 bits per heavy atom. The van der Waals surface area contributed by atoms with Crippen molar-refractivity contribution in [1.29, 1.82) is 0 Å². The second-order valence-corrected chi connectivity index (χ2v) is 4.42. The Hall–Kier alpha value is -0.650. The number of halogens is 5. The third kappa shape index (κ3) is 3.67. The second-order valence-electron chi connectivity index (χ2n) is 3.61. The number of benzene rings is 1. The van der Waals surface area contributed by atoms with E-state index in [1.54, 1.807) is 0 Å². The highest BCUT2D eigenvalue weighted by molar-refractivity contribution is 6.37. The van der Waals surface area contributed by atoms with Crippen LogP contribution in [0.5, 0.6) is 5.75 Å². The van der Waals surface area contributed by atoms with E-state index in [-0.39, 0.29) is 15.8 Å². The van der Waals surface area contributed by atoms with Gasteiger partial charge in [0.1, 0.15) is 0 Å². The highest BCUT2D eigenvalue weighted by Crippen LogP contribution is 2.40. The first-order chi connectivity index (χ1) is 8.27. The molecule has 0 saturated heterocycles. The number of hydrogen-bond donors (Lipinski definition) is 1. The lowest BCUT2D eigenvalue weighted by molar-refractivity contribution is -0.206. The zero-order valence-corrected chi connectivity index (χ0v) is 10.9. The van der Waals surface area contributed by atoms with Crippen molar-refractivity contribution < 1.29 is 23.0 Å². The summed E-state index contributed by atoms with van der Waals surface area (Å²) in [6.45, 7) is 2.21. The maximum Gasteiger partial charge on any atom is 0.418 e. The molecule has 1 aromatic carbocycles. The maximum atomic E-state index is 12.3. The molecule has 7 heteroatoms. The summed E-state index contributed by atoms with van der Waals surface area (Å²) in [5, 5.41) is 8.97. The molecule has 0 aromatic heterocycles. The van der Waals surface area contributed by atoms with E-state index >= 15 is 0 Å². The molecule has 0 aliphatic heterocycles. The lowest BCUT2D eigenvalue weighted by atomic mass is 10.1. The van der Waals surface area contributed by atoms with Crippen molar-refractivity contribution in [1.82, 2.24) is 0 Å². The maximum absolute atomic E-state index is 12.3. The Bertz CT molecular complexity index is 398. The van der Waals surface area contributed by atoms with E-state index in [9.17, 15) is 13.2 Å². The van der Waals surface area contributed by atoms with Gasteiger partial charge in [0.2, 0.25) is 0 Å². The molecule has 102 valence electrons. The van der Waals surface area contributed by atoms with Crippen molar-refractivity contribution in [2.75, 3.05) is 6.61 Å². The summed E-state index contributed by atoms with van der Waals surface area (Å²) in [6, 6.07) is 1.99. The molecule has 1 atom stereocenters. The fourth-order valence-corrected chi connectivity index (χ4v) is 1.88. The summed E-state index contributed by atoms with van der Waals surface area (Å²) in [6.07, 6.45) is -6.68. The number of ether oxygens (including phenoxy) is 1. The lowest BCUT2D eigenvalue weighted by Crippen LogP contribution is -2.20. The quantitative estimate of drug-likeness (QED) is 0.894. The summed E-state index contributed by atoms with van der Waals surface area (Å²) in [5.74, 6) is 0.123. The van der Waals surface area contributed by atoms with Crippen LogP contribution in [0.1, 0.15) is 25.0 Å². The van der Waals surface area contributed by atoms with Crippen molar-refractivity contribution >= 4 is 23.2 Å². The van der Waals surface area contributed by atoms with Gasteiger partial charge in [-0.1, -0.05) is 30.1 Å². The molecule has 18 heavy (non-hydrogen) atoms. The van der Waals surface area contributed by atoms with Crippen LogP contribution in [0.25, 0.3) is 0 Å². The van der Waals surface area contributed by atoms with Crippen LogP contribution >= 0.6 is 23.2 Å². The summed E-state index contributed by atoms with van der Waals surface area (Å²) in [4.78, 5) is 0. The second kappa shape index (κ2) is 5.99. The summed E-state index contributed by atoms with van der Waals surface area (Å²) < 4.78 is 42.2. The molecule has 0 spiro atoms. The summed E-state index contributed by atoms with van der Waals surface area (Å²) >= 11 is 11.6. The van der Waals surface area contributed by atoms with Gasteiger partial charge in [-0.2, -0.15) is 13.2 Å². The van der Waals surface area contributed by atoms with E-state index in [1.807, 2.05) is 6.92 Å². The number of hydrogen-bond acceptors (Lipinski definition) is 2. The van der Waals surface area contributed by atoms with Crippen LogP contribution in [-0.4, -0.2) is 17.9 Å². The molecule has 0 aliphatic rings. The standard InChI is InChI=1S/C11H11Cl2F3O2/c1-2-3-18-9-7(12)4-6(5-8(9)13)10(17)11(14,15)16/h4-5,10,17H,2-3H2,1H3. The molecule has 1 rings (SSSR count). The Morgan fingerprint density at radius 1 is 1.28 bits per heavy atom. The van der Waals surface area contributed by atoms with Gasteiger partial charge in [0.05, 0.1) is 16.7 Å². The smallest absolute Gasteiger partial charge is 0.418 e.